The maximum atomic E-state index is 12.4. The molecule has 0 spiro atoms. The third-order valence-corrected chi connectivity index (χ3v) is 2.34. The summed E-state index contributed by atoms with van der Waals surface area (Å²) >= 11 is 3.06. The molecule has 0 atom stereocenters. The van der Waals surface area contributed by atoms with E-state index in [1.165, 1.54) is 0 Å². The molecule has 0 aliphatic carbocycles. The number of hydrogen-bond acceptors (Lipinski definition) is 3. The first-order valence-corrected chi connectivity index (χ1v) is 4.80. The fraction of sp³-hybridized carbons (Fsp3) is 0.250. The quantitative estimate of drug-likeness (QED) is 0.674. The van der Waals surface area contributed by atoms with E-state index in [0.29, 0.717) is 11.8 Å². The average Bonchev–Trinajstić information content (AvgIpc) is 2.16. The highest BCUT2D eigenvalue weighted by Gasteiger charge is 2.18. The van der Waals surface area contributed by atoms with Gasteiger partial charge in [-0.25, -0.2) is 13.8 Å². The largest absolute Gasteiger partial charge is 0.383 e. The average molecular weight is 265 g/mol. The smallest absolute Gasteiger partial charge is 0.266 e. The minimum Gasteiger partial charge on any atom is -0.383 e. The summed E-state index contributed by atoms with van der Waals surface area (Å²) in [6, 6.07) is 0. The molecule has 0 aromatic carbocycles. The molecule has 0 saturated heterocycles. The van der Waals surface area contributed by atoms with E-state index in [-0.39, 0.29) is 22.3 Å². The van der Waals surface area contributed by atoms with E-state index in [0.717, 1.165) is 6.20 Å². The third kappa shape index (κ3) is 1.89. The van der Waals surface area contributed by atoms with E-state index < -0.39 is 6.43 Å². The van der Waals surface area contributed by atoms with E-state index in [1.807, 2.05) is 0 Å². The van der Waals surface area contributed by atoms with Crippen molar-refractivity contribution in [3.63, 3.8) is 0 Å². The topological polar surface area (TPSA) is 56.0 Å². The SMILES string of the molecule is Nc1ncc(C(F)F)c(C=O)c1CBr. The summed E-state index contributed by atoms with van der Waals surface area (Å²) in [6.07, 6.45) is -1.42. The third-order valence-electron chi connectivity index (χ3n) is 1.77. The molecule has 1 aromatic heterocycles. The number of aromatic nitrogens is 1. The van der Waals surface area contributed by atoms with E-state index in [2.05, 4.69) is 20.9 Å². The molecule has 0 amide bonds. The van der Waals surface area contributed by atoms with Crippen molar-refractivity contribution in [1.82, 2.24) is 4.98 Å². The van der Waals surface area contributed by atoms with Crippen LogP contribution in [0, 0.1) is 0 Å². The Morgan fingerprint density at radius 2 is 2.29 bits per heavy atom. The molecule has 0 fully saturated rings. The zero-order valence-electron chi connectivity index (χ0n) is 7.01. The van der Waals surface area contributed by atoms with Gasteiger partial charge in [-0.2, -0.15) is 0 Å². The lowest BCUT2D eigenvalue weighted by Crippen LogP contribution is -2.05. The molecule has 1 rings (SSSR count). The molecule has 1 heterocycles. The zero-order chi connectivity index (χ0) is 10.7. The summed E-state index contributed by atoms with van der Waals surface area (Å²) in [5.74, 6) is 0.0911. The Morgan fingerprint density at radius 3 is 2.71 bits per heavy atom. The summed E-state index contributed by atoms with van der Waals surface area (Å²) in [5.41, 5.74) is 5.27. The fourth-order valence-corrected chi connectivity index (χ4v) is 1.64. The Bertz CT molecular complexity index is 357. The first kappa shape index (κ1) is 11.0. The van der Waals surface area contributed by atoms with Crippen LogP contribution in [0.2, 0.25) is 0 Å². The van der Waals surface area contributed by atoms with Gasteiger partial charge in [-0.05, 0) is 0 Å². The van der Waals surface area contributed by atoms with Gasteiger partial charge in [0, 0.05) is 28.2 Å². The monoisotopic (exact) mass is 264 g/mol. The van der Waals surface area contributed by atoms with Crippen LogP contribution in [0.5, 0.6) is 0 Å². The number of nitrogen functional groups attached to an aromatic ring is 1. The van der Waals surface area contributed by atoms with Crippen LogP contribution in [0.1, 0.15) is 27.9 Å². The maximum absolute atomic E-state index is 12.4. The summed E-state index contributed by atoms with van der Waals surface area (Å²) in [7, 11) is 0. The minimum atomic E-state index is -2.72. The Balaban J connectivity index is 3.40. The van der Waals surface area contributed by atoms with E-state index in [4.69, 9.17) is 5.73 Å². The van der Waals surface area contributed by atoms with Gasteiger partial charge in [0.1, 0.15) is 5.82 Å². The van der Waals surface area contributed by atoms with Crippen molar-refractivity contribution in [2.75, 3.05) is 5.73 Å². The van der Waals surface area contributed by atoms with Gasteiger partial charge in [0.05, 0.1) is 0 Å². The number of halogens is 3. The van der Waals surface area contributed by atoms with Gasteiger partial charge < -0.3 is 5.73 Å². The van der Waals surface area contributed by atoms with Gasteiger partial charge in [-0.15, -0.1) is 0 Å². The number of anilines is 1. The van der Waals surface area contributed by atoms with Gasteiger partial charge in [-0.3, -0.25) is 4.79 Å². The zero-order valence-corrected chi connectivity index (χ0v) is 8.59. The van der Waals surface area contributed by atoms with E-state index in [9.17, 15) is 13.6 Å². The number of nitrogens with zero attached hydrogens (tertiary/aromatic N) is 1. The predicted molar refractivity (Wildman–Crippen MR) is 51.6 cm³/mol. The molecule has 0 radical (unpaired) electrons. The highest BCUT2D eigenvalue weighted by atomic mass is 79.9. The number of carbonyl (C=O) groups excluding carboxylic acids is 1. The van der Waals surface area contributed by atoms with Crippen LogP contribution in [0.15, 0.2) is 6.20 Å². The number of nitrogens with two attached hydrogens (primary N) is 1. The lowest BCUT2D eigenvalue weighted by molar-refractivity contribution is 0.110. The Morgan fingerprint density at radius 1 is 1.64 bits per heavy atom. The molecule has 6 heteroatoms. The number of rotatable bonds is 3. The molecule has 3 nitrogen and oxygen atoms in total. The predicted octanol–water partition coefficient (Wildman–Crippen LogP) is 2.31. The van der Waals surface area contributed by atoms with Crippen LogP contribution in [0.4, 0.5) is 14.6 Å². The van der Waals surface area contributed by atoms with Crippen molar-refractivity contribution in [3.8, 4) is 0 Å². The van der Waals surface area contributed by atoms with Crippen LogP contribution in [0.3, 0.4) is 0 Å². The van der Waals surface area contributed by atoms with Crippen LogP contribution in [0.25, 0.3) is 0 Å². The van der Waals surface area contributed by atoms with Crippen LogP contribution < -0.4 is 5.73 Å². The second-order valence-corrected chi connectivity index (χ2v) is 3.10. The van der Waals surface area contributed by atoms with E-state index >= 15 is 0 Å². The standard InChI is InChI=1S/C8H7BrF2N2O/c9-1-4-6(3-14)5(7(10)11)2-13-8(4)12/h2-3,7H,1H2,(H2,12,13). The number of hydrogen-bond donors (Lipinski definition) is 1. The molecule has 2 N–H and O–H groups in total. The Kier molecular flexibility index (Phi) is 3.51. The number of alkyl halides is 3. The molecule has 14 heavy (non-hydrogen) atoms. The van der Waals surface area contributed by atoms with Crippen molar-refractivity contribution in [2.24, 2.45) is 0 Å². The molecule has 0 saturated carbocycles. The molecule has 76 valence electrons. The van der Waals surface area contributed by atoms with Crippen LogP contribution in [-0.4, -0.2) is 11.3 Å². The number of aldehydes is 1. The van der Waals surface area contributed by atoms with Crippen LogP contribution in [-0.2, 0) is 5.33 Å². The lowest BCUT2D eigenvalue weighted by atomic mass is 10.1. The van der Waals surface area contributed by atoms with Crippen molar-refractivity contribution in [2.45, 2.75) is 11.8 Å². The molecule has 0 unspecified atom stereocenters. The van der Waals surface area contributed by atoms with Crippen LogP contribution >= 0.6 is 15.9 Å². The highest BCUT2D eigenvalue weighted by Crippen LogP contribution is 2.27. The summed E-state index contributed by atoms with van der Waals surface area (Å²) in [5, 5.41) is 0.223. The first-order valence-electron chi connectivity index (χ1n) is 3.68. The Hall–Kier alpha value is -1.04. The number of pyridine rings is 1. The lowest BCUT2D eigenvalue weighted by Gasteiger charge is -2.09. The van der Waals surface area contributed by atoms with Gasteiger partial charge in [0.25, 0.3) is 6.43 Å². The molecule has 1 aromatic rings. The van der Waals surface area contributed by atoms with Crippen molar-refractivity contribution >= 4 is 28.0 Å². The summed E-state index contributed by atoms with van der Waals surface area (Å²) < 4.78 is 24.8. The summed E-state index contributed by atoms with van der Waals surface area (Å²) in [6.45, 7) is 0. The second-order valence-electron chi connectivity index (χ2n) is 2.54. The molecule has 0 aliphatic heterocycles. The molecule has 0 bridgehead atoms. The minimum absolute atomic E-state index is 0.0793. The molecular weight excluding hydrogens is 258 g/mol. The fourth-order valence-electron chi connectivity index (χ4n) is 1.05. The highest BCUT2D eigenvalue weighted by molar-refractivity contribution is 9.08. The van der Waals surface area contributed by atoms with Crippen molar-refractivity contribution in [1.29, 1.82) is 0 Å². The van der Waals surface area contributed by atoms with Gasteiger partial charge in [0.2, 0.25) is 0 Å². The first-order chi connectivity index (χ1) is 6.61. The van der Waals surface area contributed by atoms with Gasteiger partial charge >= 0.3 is 0 Å². The maximum Gasteiger partial charge on any atom is 0.266 e. The van der Waals surface area contributed by atoms with Crippen molar-refractivity contribution in [3.05, 3.63) is 22.9 Å². The normalized spacial score (nSPS) is 10.6. The Labute approximate surface area is 87.4 Å². The van der Waals surface area contributed by atoms with Gasteiger partial charge in [0.15, 0.2) is 6.29 Å². The van der Waals surface area contributed by atoms with Gasteiger partial charge in [-0.1, -0.05) is 15.9 Å². The number of carbonyl (C=O) groups is 1. The molecular formula is C8H7BrF2N2O. The summed E-state index contributed by atoms with van der Waals surface area (Å²) in [4.78, 5) is 14.2. The van der Waals surface area contributed by atoms with E-state index in [1.54, 1.807) is 0 Å². The molecule has 0 aliphatic rings. The second kappa shape index (κ2) is 4.45. The van der Waals surface area contributed by atoms with Crippen molar-refractivity contribution < 1.29 is 13.6 Å².